The molecule has 0 aliphatic heterocycles. The molecule has 0 atom stereocenters. The number of carbonyl (C=O) groups is 2. The van der Waals surface area contributed by atoms with E-state index < -0.39 is 5.97 Å². The Labute approximate surface area is 89.9 Å². The average Bonchev–Trinajstić information content (AvgIpc) is 2.01. The van der Waals surface area contributed by atoms with E-state index in [9.17, 15) is 9.59 Å². The first-order valence-corrected chi connectivity index (χ1v) is 4.56. The molecular weight excluding hydrogens is 198 g/mol. The summed E-state index contributed by atoms with van der Waals surface area (Å²) in [6.45, 7) is 4.15. The van der Waals surface area contributed by atoms with Gasteiger partial charge < -0.3 is 15.1 Å². The number of carboxylic acid groups (broad SMARTS) is 1. The number of nitrogens with zero attached hydrogens (tertiary/aromatic N) is 1. The summed E-state index contributed by atoms with van der Waals surface area (Å²) in [5.74, 6) is -0.801. The molecule has 0 rings (SSSR count). The Morgan fingerprint density at radius 1 is 1.40 bits per heavy atom. The van der Waals surface area contributed by atoms with Crippen molar-refractivity contribution in [3.63, 3.8) is 0 Å². The lowest BCUT2D eigenvalue weighted by molar-refractivity contribution is -0.883. The van der Waals surface area contributed by atoms with Gasteiger partial charge in [0.2, 0.25) is 0 Å². The Morgan fingerprint density at radius 2 is 1.93 bits per heavy atom. The number of rotatable bonds is 7. The van der Waals surface area contributed by atoms with Crippen LogP contribution in [-0.2, 0) is 9.59 Å². The lowest BCUT2D eigenvalue weighted by Gasteiger charge is -2.27. The van der Waals surface area contributed by atoms with Crippen molar-refractivity contribution < 1.29 is 24.7 Å². The highest BCUT2D eigenvalue weighted by Gasteiger charge is 2.18. The van der Waals surface area contributed by atoms with Crippen molar-refractivity contribution in [2.24, 2.45) is 0 Å². The van der Waals surface area contributed by atoms with Gasteiger partial charge in [0.15, 0.2) is 12.3 Å². The Kier molecular flexibility index (Phi) is 7.73. The number of aliphatic carboxylic acids is 1. The van der Waals surface area contributed by atoms with E-state index in [4.69, 9.17) is 5.11 Å². The van der Waals surface area contributed by atoms with E-state index >= 15 is 0 Å². The van der Waals surface area contributed by atoms with Crippen LogP contribution in [-0.4, -0.2) is 54.0 Å². The lowest BCUT2D eigenvalue weighted by Crippen LogP contribution is -2.44. The Morgan fingerprint density at radius 3 is 2.33 bits per heavy atom. The van der Waals surface area contributed by atoms with Crippen LogP contribution in [0.1, 0.15) is 12.8 Å². The van der Waals surface area contributed by atoms with Crippen molar-refractivity contribution in [2.45, 2.75) is 12.8 Å². The molecule has 0 saturated heterocycles. The number of ketones is 1. The van der Waals surface area contributed by atoms with Gasteiger partial charge in [0.1, 0.15) is 0 Å². The van der Waals surface area contributed by atoms with Crippen LogP contribution in [0.2, 0.25) is 0 Å². The summed E-state index contributed by atoms with van der Waals surface area (Å²) in [5, 5.41) is 8.61. The molecule has 0 radical (unpaired) electrons. The largest absolute Gasteiger partial charge is 0.870 e. The maximum atomic E-state index is 10.9. The maximum Gasteiger partial charge on any atom is 0.359 e. The number of hydrogen-bond acceptors (Lipinski definition) is 3. The van der Waals surface area contributed by atoms with Crippen LogP contribution in [0.25, 0.3) is 0 Å². The van der Waals surface area contributed by atoms with E-state index in [1.165, 1.54) is 6.08 Å². The van der Waals surface area contributed by atoms with Gasteiger partial charge in [-0.1, -0.05) is 6.58 Å². The predicted octanol–water partition coefficient (Wildman–Crippen LogP) is 0.506. The molecule has 5 nitrogen and oxygen atoms in total. The van der Waals surface area contributed by atoms with Crippen LogP contribution >= 0.6 is 0 Å². The fourth-order valence-electron chi connectivity index (χ4n) is 1.23. The first-order valence-electron chi connectivity index (χ1n) is 4.56. The van der Waals surface area contributed by atoms with Gasteiger partial charge in [0.05, 0.1) is 20.6 Å². The summed E-state index contributed by atoms with van der Waals surface area (Å²) in [6, 6.07) is 0. The van der Waals surface area contributed by atoms with Gasteiger partial charge in [-0.25, -0.2) is 4.79 Å². The molecule has 88 valence electrons. The van der Waals surface area contributed by atoms with E-state index in [1.54, 1.807) is 0 Å². The van der Waals surface area contributed by atoms with Crippen molar-refractivity contribution in [1.82, 2.24) is 0 Å². The number of quaternary nitrogens is 1. The average molecular weight is 217 g/mol. The zero-order chi connectivity index (χ0) is 11.2. The summed E-state index contributed by atoms with van der Waals surface area (Å²) in [7, 11) is 3.68. The van der Waals surface area contributed by atoms with Crippen molar-refractivity contribution in [3.8, 4) is 0 Å². The Balaban J connectivity index is 0. The summed E-state index contributed by atoms with van der Waals surface area (Å²) in [6.07, 6.45) is 2.45. The van der Waals surface area contributed by atoms with Crippen LogP contribution in [0.3, 0.4) is 0 Å². The van der Waals surface area contributed by atoms with Gasteiger partial charge in [0.25, 0.3) is 0 Å². The maximum absolute atomic E-state index is 10.9. The third kappa shape index (κ3) is 9.11. The van der Waals surface area contributed by atoms with Crippen LogP contribution in [0.4, 0.5) is 0 Å². The molecule has 0 bridgehead atoms. The van der Waals surface area contributed by atoms with Crippen molar-refractivity contribution in [3.05, 3.63) is 12.7 Å². The summed E-state index contributed by atoms with van der Waals surface area (Å²) in [5.41, 5.74) is 0. The highest BCUT2D eigenvalue weighted by molar-refractivity contribution is 5.88. The minimum absolute atomic E-state index is 0. The van der Waals surface area contributed by atoms with Gasteiger partial charge in [-0.3, -0.25) is 4.79 Å². The third-order valence-electron chi connectivity index (χ3n) is 1.98. The molecule has 15 heavy (non-hydrogen) atoms. The highest BCUT2D eigenvalue weighted by Crippen LogP contribution is 2.02. The van der Waals surface area contributed by atoms with Crippen LogP contribution in [0.15, 0.2) is 12.7 Å². The Bertz CT molecular complexity index is 236. The quantitative estimate of drug-likeness (QED) is 0.497. The molecule has 0 aromatic rings. The van der Waals surface area contributed by atoms with Crippen LogP contribution in [0, 0.1) is 0 Å². The number of carboxylic acids is 1. The second-order valence-electron chi connectivity index (χ2n) is 3.99. The highest BCUT2D eigenvalue weighted by atomic mass is 16.4. The fraction of sp³-hybridized carbons (Fsp3) is 0.600. The number of allylic oxidation sites excluding steroid dienone is 1. The molecule has 0 aromatic heterocycles. The van der Waals surface area contributed by atoms with Gasteiger partial charge in [0, 0.05) is 12.8 Å². The fourth-order valence-corrected chi connectivity index (χ4v) is 1.23. The second kappa shape index (κ2) is 7.14. The van der Waals surface area contributed by atoms with Gasteiger partial charge in [-0.05, 0) is 6.08 Å². The number of likely N-dealkylation sites (N-methyl/N-ethyl adjacent to an activating group) is 1. The minimum Gasteiger partial charge on any atom is -0.870 e. The topological polar surface area (TPSA) is 84.4 Å². The molecule has 0 heterocycles. The van der Waals surface area contributed by atoms with Crippen LogP contribution < -0.4 is 0 Å². The molecule has 0 aromatic carbocycles. The zero-order valence-corrected chi connectivity index (χ0v) is 9.27. The molecule has 0 spiro atoms. The van der Waals surface area contributed by atoms with Gasteiger partial charge in [-0.2, -0.15) is 0 Å². The first kappa shape index (κ1) is 16.2. The van der Waals surface area contributed by atoms with Gasteiger partial charge in [-0.15, -0.1) is 0 Å². The number of carbonyl (C=O) groups excluding carboxylic acids is 1. The smallest absolute Gasteiger partial charge is 0.359 e. The SMILES string of the molecule is C=CC(=O)CCC[N+](C)(C)CC(=O)O.[OH-]. The van der Waals surface area contributed by atoms with E-state index in [-0.39, 0.29) is 17.8 Å². The molecule has 5 heteroatoms. The van der Waals surface area contributed by atoms with Crippen molar-refractivity contribution >= 4 is 11.8 Å². The van der Waals surface area contributed by atoms with E-state index in [1.807, 2.05) is 14.1 Å². The zero-order valence-electron chi connectivity index (χ0n) is 9.27. The van der Waals surface area contributed by atoms with E-state index in [2.05, 4.69) is 6.58 Å². The van der Waals surface area contributed by atoms with E-state index in [0.29, 0.717) is 23.9 Å². The summed E-state index contributed by atoms with van der Waals surface area (Å²) < 4.78 is 0.403. The standard InChI is InChI=1S/C10H17NO3.H2O/c1-4-9(12)6-5-7-11(2,3)8-10(13)14;/h4H,1,5-8H2,2-3H3;1H2. The molecule has 0 amide bonds. The second-order valence-corrected chi connectivity index (χ2v) is 3.99. The van der Waals surface area contributed by atoms with Crippen molar-refractivity contribution in [1.29, 1.82) is 0 Å². The Hall–Kier alpha value is -1.20. The van der Waals surface area contributed by atoms with Crippen molar-refractivity contribution in [2.75, 3.05) is 27.2 Å². The normalized spacial score (nSPS) is 10.3. The van der Waals surface area contributed by atoms with Crippen LogP contribution in [0.5, 0.6) is 0 Å². The van der Waals surface area contributed by atoms with Gasteiger partial charge >= 0.3 is 5.97 Å². The predicted molar refractivity (Wildman–Crippen MR) is 55.9 cm³/mol. The monoisotopic (exact) mass is 217 g/mol. The number of hydrogen-bond donors (Lipinski definition) is 1. The molecule has 0 aliphatic rings. The van der Waals surface area contributed by atoms with E-state index in [0.717, 1.165) is 0 Å². The minimum atomic E-state index is -0.815. The third-order valence-corrected chi connectivity index (χ3v) is 1.98. The lowest BCUT2D eigenvalue weighted by atomic mass is 10.2. The molecule has 0 aliphatic carbocycles. The first-order chi connectivity index (χ1) is 6.37. The molecule has 0 saturated carbocycles. The molecule has 0 fully saturated rings. The molecular formula is C10H19NO4. The molecule has 2 N–H and O–H groups in total. The summed E-state index contributed by atoms with van der Waals surface area (Å²) >= 11 is 0. The summed E-state index contributed by atoms with van der Waals surface area (Å²) in [4.78, 5) is 21.3. The molecule has 0 unspecified atom stereocenters.